The molecule has 2 heterocycles. The fraction of sp³-hybridized carbons (Fsp3) is 0.200. The van der Waals surface area contributed by atoms with E-state index in [9.17, 15) is 14.7 Å². The van der Waals surface area contributed by atoms with Crippen molar-refractivity contribution in [1.82, 2.24) is 4.98 Å². The standard InChI is InChI=1S/C30H29N3O3/c1-4-32(5-2)21-16-12-20(13-17-21)27-26(28(34)24-18-31-25-9-7-6-8-23(24)25)29(35)30(36)33(27)22-14-10-19(3)11-15-22/h6-18,27,31,34H,4-5H2,1-3H3/b28-26-. The molecule has 0 aliphatic carbocycles. The molecule has 1 saturated heterocycles. The van der Waals surface area contributed by atoms with Crippen molar-refractivity contribution in [3.05, 3.63) is 101 Å². The molecular weight excluding hydrogens is 450 g/mol. The number of fused-ring (bicyclic) bond motifs is 1. The number of anilines is 2. The Morgan fingerprint density at radius 3 is 2.28 bits per heavy atom. The third-order valence-corrected chi connectivity index (χ3v) is 6.94. The third kappa shape index (κ3) is 3.85. The van der Waals surface area contributed by atoms with Crippen LogP contribution in [-0.2, 0) is 9.59 Å². The van der Waals surface area contributed by atoms with Crippen LogP contribution in [0.15, 0.2) is 84.6 Å². The van der Waals surface area contributed by atoms with Gasteiger partial charge in [0.25, 0.3) is 11.7 Å². The second-order valence-corrected chi connectivity index (χ2v) is 9.02. The van der Waals surface area contributed by atoms with Crippen molar-refractivity contribution in [3.8, 4) is 0 Å². The predicted octanol–water partition coefficient (Wildman–Crippen LogP) is 5.95. The molecule has 1 fully saturated rings. The van der Waals surface area contributed by atoms with Gasteiger partial charge in [0, 0.05) is 47.1 Å². The molecule has 6 heteroatoms. The van der Waals surface area contributed by atoms with Gasteiger partial charge in [-0.3, -0.25) is 14.5 Å². The highest BCUT2D eigenvalue weighted by molar-refractivity contribution is 6.51. The second kappa shape index (κ2) is 9.38. The number of aromatic amines is 1. The number of aryl methyl sites for hydroxylation is 1. The van der Waals surface area contributed by atoms with E-state index in [-0.39, 0.29) is 11.3 Å². The topological polar surface area (TPSA) is 76.6 Å². The molecule has 0 saturated carbocycles. The van der Waals surface area contributed by atoms with Crippen LogP contribution < -0.4 is 9.80 Å². The quantitative estimate of drug-likeness (QED) is 0.204. The number of carbonyl (C=O) groups is 2. The molecule has 5 rings (SSSR count). The van der Waals surface area contributed by atoms with E-state index in [2.05, 4.69) is 23.7 Å². The number of amides is 1. The van der Waals surface area contributed by atoms with Gasteiger partial charge in [-0.05, 0) is 56.7 Å². The fourth-order valence-corrected chi connectivity index (χ4v) is 4.99. The number of H-pyrrole nitrogens is 1. The number of ketones is 1. The van der Waals surface area contributed by atoms with Crippen molar-refractivity contribution in [1.29, 1.82) is 0 Å². The highest BCUT2D eigenvalue weighted by atomic mass is 16.3. The summed E-state index contributed by atoms with van der Waals surface area (Å²) in [5.74, 6) is -1.53. The zero-order chi connectivity index (χ0) is 25.4. The van der Waals surface area contributed by atoms with Gasteiger partial charge in [-0.25, -0.2) is 0 Å². The Kier molecular flexibility index (Phi) is 6.10. The van der Waals surface area contributed by atoms with Crippen LogP contribution in [0.2, 0.25) is 0 Å². The largest absolute Gasteiger partial charge is 0.507 e. The molecule has 36 heavy (non-hydrogen) atoms. The van der Waals surface area contributed by atoms with Gasteiger partial charge in [0.15, 0.2) is 0 Å². The number of nitrogens with one attached hydrogen (secondary N) is 1. The van der Waals surface area contributed by atoms with Crippen molar-refractivity contribution in [2.24, 2.45) is 0 Å². The molecular formula is C30H29N3O3. The maximum atomic E-state index is 13.5. The molecule has 182 valence electrons. The molecule has 1 unspecified atom stereocenters. The van der Waals surface area contributed by atoms with E-state index < -0.39 is 17.7 Å². The molecule has 1 aliphatic rings. The van der Waals surface area contributed by atoms with Crippen LogP contribution in [0.5, 0.6) is 0 Å². The summed E-state index contributed by atoms with van der Waals surface area (Å²) in [5, 5.41) is 12.3. The lowest BCUT2D eigenvalue weighted by atomic mass is 9.94. The summed E-state index contributed by atoms with van der Waals surface area (Å²) in [7, 11) is 0. The molecule has 6 nitrogen and oxygen atoms in total. The highest BCUT2D eigenvalue weighted by Crippen LogP contribution is 2.43. The van der Waals surface area contributed by atoms with E-state index in [4.69, 9.17) is 0 Å². The Hall–Kier alpha value is -4.32. The molecule has 0 spiro atoms. The first kappa shape index (κ1) is 23.4. The fourth-order valence-electron chi connectivity index (χ4n) is 4.99. The summed E-state index contributed by atoms with van der Waals surface area (Å²) in [6, 6.07) is 22.2. The number of rotatable bonds is 6. The average molecular weight is 480 g/mol. The van der Waals surface area contributed by atoms with Crippen molar-refractivity contribution >= 4 is 39.7 Å². The Morgan fingerprint density at radius 2 is 1.61 bits per heavy atom. The van der Waals surface area contributed by atoms with Crippen molar-refractivity contribution in [3.63, 3.8) is 0 Å². The van der Waals surface area contributed by atoms with Crippen LogP contribution in [0.1, 0.15) is 36.6 Å². The van der Waals surface area contributed by atoms with Gasteiger partial charge in [0.05, 0.1) is 11.6 Å². The molecule has 1 aliphatic heterocycles. The van der Waals surface area contributed by atoms with Gasteiger partial charge >= 0.3 is 0 Å². The lowest BCUT2D eigenvalue weighted by molar-refractivity contribution is -0.132. The zero-order valence-electron chi connectivity index (χ0n) is 20.7. The number of benzene rings is 3. The van der Waals surface area contributed by atoms with E-state index >= 15 is 0 Å². The number of hydrogen-bond donors (Lipinski definition) is 2. The number of hydrogen-bond acceptors (Lipinski definition) is 4. The lowest BCUT2D eigenvalue weighted by Crippen LogP contribution is -2.29. The van der Waals surface area contributed by atoms with Gasteiger partial charge in [-0.15, -0.1) is 0 Å². The zero-order valence-corrected chi connectivity index (χ0v) is 20.7. The second-order valence-electron chi connectivity index (χ2n) is 9.02. The first-order valence-corrected chi connectivity index (χ1v) is 12.2. The minimum atomic E-state index is -0.757. The Balaban J connectivity index is 1.70. The lowest BCUT2D eigenvalue weighted by Gasteiger charge is -2.27. The molecule has 0 radical (unpaired) electrons. The van der Waals surface area contributed by atoms with Crippen LogP contribution in [0, 0.1) is 6.92 Å². The summed E-state index contributed by atoms with van der Waals surface area (Å²) in [5.41, 5.74) is 4.90. The van der Waals surface area contributed by atoms with Crippen molar-refractivity contribution < 1.29 is 14.7 Å². The summed E-state index contributed by atoms with van der Waals surface area (Å²) in [4.78, 5) is 33.7. The maximum Gasteiger partial charge on any atom is 0.300 e. The predicted molar refractivity (Wildman–Crippen MR) is 144 cm³/mol. The Morgan fingerprint density at radius 1 is 0.944 bits per heavy atom. The number of aliphatic hydroxyl groups is 1. The molecule has 1 atom stereocenters. The normalized spacial score (nSPS) is 17.2. The average Bonchev–Trinajstić information content (AvgIpc) is 3.44. The number of para-hydroxylation sites is 1. The van der Waals surface area contributed by atoms with E-state index in [0.29, 0.717) is 11.3 Å². The smallest absolute Gasteiger partial charge is 0.300 e. The summed E-state index contributed by atoms with van der Waals surface area (Å²) >= 11 is 0. The molecule has 4 aromatic rings. The van der Waals surface area contributed by atoms with E-state index in [0.717, 1.165) is 40.8 Å². The first-order chi connectivity index (χ1) is 17.4. The summed E-state index contributed by atoms with van der Waals surface area (Å²) < 4.78 is 0. The van der Waals surface area contributed by atoms with Gasteiger partial charge < -0.3 is 15.0 Å². The molecule has 3 aromatic carbocycles. The van der Waals surface area contributed by atoms with Crippen LogP contribution in [0.4, 0.5) is 11.4 Å². The minimum absolute atomic E-state index is 0.0842. The number of carbonyl (C=O) groups excluding carboxylic acids is 2. The molecule has 0 bridgehead atoms. The van der Waals surface area contributed by atoms with Gasteiger partial charge in [-0.2, -0.15) is 0 Å². The van der Waals surface area contributed by atoms with Crippen LogP contribution in [0.3, 0.4) is 0 Å². The Labute approximate surface area is 210 Å². The van der Waals surface area contributed by atoms with Gasteiger partial charge in [-0.1, -0.05) is 48.0 Å². The van der Waals surface area contributed by atoms with E-state index in [1.165, 1.54) is 4.90 Å². The van der Waals surface area contributed by atoms with Crippen LogP contribution >= 0.6 is 0 Å². The van der Waals surface area contributed by atoms with Crippen molar-refractivity contribution in [2.45, 2.75) is 26.8 Å². The molecule has 1 aromatic heterocycles. The van der Waals surface area contributed by atoms with Crippen LogP contribution in [0.25, 0.3) is 16.7 Å². The molecule has 2 N–H and O–H groups in total. The third-order valence-electron chi connectivity index (χ3n) is 6.94. The maximum absolute atomic E-state index is 13.5. The SMILES string of the molecule is CCN(CC)c1ccc(C2/C(=C(/O)c3c[nH]c4ccccc34)C(=O)C(=O)N2c2ccc(C)cc2)cc1. The van der Waals surface area contributed by atoms with Crippen LogP contribution in [-0.4, -0.2) is 34.9 Å². The summed E-state index contributed by atoms with van der Waals surface area (Å²) in [6.07, 6.45) is 1.68. The highest BCUT2D eigenvalue weighted by Gasteiger charge is 2.47. The Bertz CT molecular complexity index is 1460. The van der Waals surface area contributed by atoms with E-state index in [1.807, 2.05) is 79.7 Å². The molecule has 1 amide bonds. The minimum Gasteiger partial charge on any atom is -0.507 e. The van der Waals surface area contributed by atoms with Gasteiger partial charge in [0.2, 0.25) is 0 Å². The van der Waals surface area contributed by atoms with E-state index in [1.54, 1.807) is 6.20 Å². The number of nitrogens with zero attached hydrogens (tertiary/aromatic N) is 2. The van der Waals surface area contributed by atoms with Crippen molar-refractivity contribution in [2.75, 3.05) is 22.9 Å². The number of aliphatic hydroxyl groups excluding tert-OH is 1. The monoisotopic (exact) mass is 479 g/mol. The number of Topliss-reactive ketones (excluding diaryl/α,β-unsaturated/α-hetero) is 1. The van der Waals surface area contributed by atoms with Gasteiger partial charge in [0.1, 0.15) is 5.76 Å². The summed E-state index contributed by atoms with van der Waals surface area (Å²) in [6.45, 7) is 7.92. The first-order valence-electron chi connectivity index (χ1n) is 12.2. The number of aromatic nitrogens is 1.